The van der Waals surface area contributed by atoms with Crippen molar-refractivity contribution < 1.29 is 18.7 Å². The minimum atomic E-state index is -0.323. The van der Waals surface area contributed by atoms with E-state index in [1.54, 1.807) is 30.2 Å². The Bertz CT molecular complexity index is 926. The van der Waals surface area contributed by atoms with E-state index in [9.17, 15) is 9.18 Å². The zero-order chi connectivity index (χ0) is 20.1. The van der Waals surface area contributed by atoms with Gasteiger partial charge in [-0.1, -0.05) is 6.07 Å². The monoisotopic (exact) mass is 400 g/mol. The summed E-state index contributed by atoms with van der Waals surface area (Å²) >= 11 is 1.29. The van der Waals surface area contributed by atoms with Crippen molar-refractivity contribution in [1.82, 2.24) is 4.90 Å². The molecular formula is C21H21FN2O3S. The summed E-state index contributed by atoms with van der Waals surface area (Å²) in [6.45, 7) is 4.83. The Morgan fingerprint density at radius 2 is 1.89 bits per heavy atom. The molecule has 1 heterocycles. The van der Waals surface area contributed by atoms with Crippen LogP contribution in [0.3, 0.4) is 0 Å². The van der Waals surface area contributed by atoms with E-state index in [2.05, 4.69) is 4.99 Å². The third kappa shape index (κ3) is 4.36. The van der Waals surface area contributed by atoms with Crippen LogP contribution in [0.2, 0.25) is 0 Å². The molecule has 2 aromatic rings. The number of nitrogens with zero attached hydrogens (tertiary/aromatic N) is 2. The van der Waals surface area contributed by atoms with E-state index in [-0.39, 0.29) is 11.7 Å². The van der Waals surface area contributed by atoms with Crippen LogP contribution < -0.4 is 9.47 Å². The van der Waals surface area contributed by atoms with Crippen molar-refractivity contribution >= 4 is 34.6 Å². The van der Waals surface area contributed by atoms with Gasteiger partial charge in [-0.2, -0.15) is 0 Å². The van der Waals surface area contributed by atoms with Crippen molar-refractivity contribution in [3.63, 3.8) is 0 Å². The molecule has 2 aromatic carbocycles. The molecule has 1 aliphatic heterocycles. The zero-order valence-corrected chi connectivity index (χ0v) is 16.8. The van der Waals surface area contributed by atoms with Gasteiger partial charge in [0.15, 0.2) is 16.7 Å². The van der Waals surface area contributed by atoms with Gasteiger partial charge in [0.25, 0.3) is 5.91 Å². The van der Waals surface area contributed by atoms with Gasteiger partial charge in [-0.3, -0.25) is 9.69 Å². The first kappa shape index (κ1) is 19.9. The second kappa shape index (κ2) is 8.93. The number of ether oxygens (including phenoxy) is 2. The molecule has 146 valence electrons. The first-order valence-electron chi connectivity index (χ1n) is 8.92. The highest BCUT2D eigenvalue weighted by atomic mass is 32.2. The summed E-state index contributed by atoms with van der Waals surface area (Å²) in [5.74, 6) is 0.836. The number of halogens is 1. The van der Waals surface area contributed by atoms with Crippen molar-refractivity contribution in [3.8, 4) is 11.5 Å². The van der Waals surface area contributed by atoms with E-state index >= 15 is 0 Å². The number of methoxy groups -OCH3 is 1. The maximum Gasteiger partial charge on any atom is 0.266 e. The summed E-state index contributed by atoms with van der Waals surface area (Å²) in [7, 11) is 1.58. The van der Waals surface area contributed by atoms with Crippen LogP contribution >= 0.6 is 11.8 Å². The quantitative estimate of drug-likeness (QED) is 0.650. The van der Waals surface area contributed by atoms with Gasteiger partial charge < -0.3 is 9.47 Å². The first-order valence-corrected chi connectivity index (χ1v) is 9.73. The number of benzene rings is 2. The second-order valence-electron chi connectivity index (χ2n) is 5.87. The first-order chi connectivity index (χ1) is 13.5. The van der Waals surface area contributed by atoms with Gasteiger partial charge in [0.2, 0.25) is 0 Å². The number of likely N-dealkylation sites (N-methyl/N-ethyl adjacent to an activating group) is 1. The summed E-state index contributed by atoms with van der Waals surface area (Å²) in [6.07, 6.45) is 1.81. The fraction of sp³-hybridized carbons (Fsp3) is 0.238. The smallest absolute Gasteiger partial charge is 0.266 e. The number of hydrogen-bond acceptors (Lipinski definition) is 5. The van der Waals surface area contributed by atoms with E-state index in [4.69, 9.17) is 9.47 Å². The number of carbonyl (C=O) groups is 1. The van der Waals surface area contributed by atoms with E-state index in [0.29, 0.717) is 40.4 Å². The molecule has 0 aliphatic carbocycles. The van der Waals surface area contributed by atoms with E-state index < -0.39 is 0 Å². The molecular weight excluding hydrogens is 379 g/mol. The third-order valence-electron chi connectivity index (χ3n) is 4.04. The van der Waals surface area contributed by atoms with Gasteiger partial charge in [-0.05, 0) is 73.6 Å². The number of thioether (sulfide) groups is 1. The summed E-state index contributed by atoms with van der Waals surface area (Å²) in [6, 6.07) is 11.4. The van der Waals surface area contributed by atoms with Crippen molar-refractivity contribution in [2.75, 3.05) is 20.3 Å². The standard InChI is InChI=1S/C21H21FN2O3S/c1-4-24-20(25)19(28-21(24)23-16-9-7-15(22)8-10-16)13-14-6-11-17(27-5-2)18(12-14)26-3/h6-13H,4-5H2,1-3H3/b19-13+,23-21?. The van der Waals surface area contributed by atoms with Crippen LogP contribution in [0.4, 0.5) is 10.1 Å². The molecule has 0 unspecified atom stereocenters. The SMILES string of the molecule is CCOc1ccc(/C=C2/SC(=Nc3ccc(F)cc3)N(CC)C2=O)cc1OC. The van der Waals surface area contributed by atoms with Crippen LogP contribution in [0.1, 0.15) is 19.4 Å². The predicted octanol–water partition coefficient (Wildman–Crippen LogP) is 4.86. The molecule has 0 bridgehead atoms. The predicted molar refractivity (Wildman–Crippen MR) is 111 cm³/mol. The molecule has 1 fully saturated rings. The average molecular weight is 400 g/mol. The van der Waals surface area contributed by atoms with Crippen molar-refractivity contribution in [2.45, 2.75) is 13.8 Å². The van der Waals surface area contributed by atoms with Gasteiger partial charge in [-0.25, -0.2) is 9.38 Å². The van der Waals surface area contributed by atoms with E-state index in [1.165, 1.54) is 23.9 Å². The number of carbonyl (C=O) groups excluding carboxylic acids is 1. The lowest BCUT2D eigenvalue weighted by molar-refractivity contribution is -0.122. The summed E-state index contributed by atoms with van der Waals surface area (Å²) in [5.41, 5.74) is 1.43. The van der Waals surface area contributed by atoms with Crippen LogP contribution in [0.5, 0.6) is 11.5 Å². The average Bonchev–Trinajstić information content (AvgIpc) is 2.99. The minimum absolute atomic E-state index is 0.110. The maximum atomic E-state index is 13.1. The van der Waals surface area contributed by atoms with Crippen molar-refractivity contribution in [2.24, 2.45) is 4.99 Å². The molecule has 1 amide bonds. The molecule has 1 aliphatic rings. The largest absolute Gasteiger partial charge is 0.493 e. The fourth-order valence-corrected chi connectivity index (χ4v) is 3.76. The lowest BCUT2D eigenvalue weighted by atomic mass is 10.2. The molecule has 0 saturated carbocycles. The number of rotatable bonds is 6. The highest BCUT2D eigenvalue weighted by Gasteiger charge is 2.32. The van der Waals surface area contributed by atoms with E-state index in [0.717, 1.165) is 5.56 Å². The normalized spacial score (nSPS) is 16.9. The van der Waals surface area contributed by atoms with Gasteiger partial charge in [-0.15, -0.1) is 0 Å². The highest BCUT2D eigenvalue weighted by Crippen LogP contribution is 2.35. The van der Waals surface area contributed by atoms with Crippen LogP contribution in [-0.4, -0.2) is 36.2 Å². The molecule has 5 nitrogen and oxygen atoms in total. The number of hydrogen-bond donors (Lipinski definition) is 0. The van der Waals surface area contributed by atoms with E-state index in [1.807, 2.05) is 32.0 Å². The van der Waals surface area contributed by atoms with Crippen molar-refractivity contribution in [3.05, 3.63) is 58.8 Å². The molecule has 28 heavy (non-hydrogen) atoms. The van der Waals surface area contributed by atoms with Gasteiger partial charge in [0.05, 0.1) is 24.3 Å². The van der Waals surface area contributed by atoms with Gasteiger partial charge in [0.1, 0.15) is 5.82 Å². The summed E-state index contributed by atoms with van der Waals surface area (Å²) in [5, 5.41) is 0.572. The molecule has 7 heteroatoms. The van der Waals surface area contributed by atoms with Gasteiger partial charge >= 0.3 is 0 Å². The van der Waals surface area contributed by atoms with Crippen LogP contribution in [0.25, 0.3) is 6.08 Å². The Kier molecular flexibility index (Phi) is 6.36. The Morgan fingerprint density at radius 3 is 2.54 bits per heavy atom. The van der Waals surface area contributed by atoms with Crippen LogP contribution in [0.15, 0.2) is 52.4 Å². The number of amidine groups is 1. The Labute approximate surface area is 167 Å². The van der Waals surface area contributed by atoms with Gasteiger partial charge in [0, 0.05) is 6.54 Å². The number of amides is 1. The molecule has 3 rings (SSSR count). The summed E-state index contributed by atoms with van der Waals surface area (Å²) < 4.78 is 24.0. The van der Waals surface area contributed by atoms with Crippen LogP contribution in [0, 0.1) is 5.82 Å². The Morgan fingerprint density at radius 1 is 1.14 bits per heavy atom. The third-order valence-corrected chi connectivity index (χ3v) is 5.05. The lowest BCUT2D eigenvalue weighted by Gasteiger charge is -2.12. The molecule has 0 radical (unpaired) electrons. The zero-order valence-electron chi connectivity index (χ0n) is 15.9. The highest BCUT2D eigenvalue weighted by molar-refractivity contribution is 8.18. The number of aliphatic imine (C=N–C) groups is 1. The minimum Gasteiger partial charge on any atom is -0.493 e. The molecule has 0 aromatic heterocycles. The Hall–Kier alpha value is -2.80. The molecule has 1 saturated heterocycles. The molecule has 0 spiro atoms. The topological polar surface area (TPSA) is 51.1 Å². The molecule has 0 N–H and O–H groups in total. The van der Waals surface area contributed by atoms with Crippen molar-refractivity contribution in [1.29, 1.82) is 0 Å². The molecule has 0 atom stereocenters. The maximum absolute atomic E-state index is 13.1. The second-order valence-corrected chi connectivity index (χ2v) is 6.88. The Balaban J connectivity index is 1.90. The fourth-order valence-electron chi connectivity index (χ4n) is 2.70. The summed E-state index contributed by atoms with van der Waals surface area (Å²) in [4.78, 5) is 19.4. The van der Waals surface area contributed by atoms with Crippen LogP contribution in [-0.2, 0) is 4.79 Å². The lowest BCUT2D eigenvalue weighted by Crippen LogP contribution is -2.28.